The smallest absolute Gasteiger partial charge is 0.407 e. The number of hydrogen-bond donors (Lipinski definition) is 4. The molecule has 0 saturated carbocycles. The van der Waals surface area contributed by atoms with E-state index in [4.69, 9.17) is 10.5 Å². The summed E-state index contributed by atoms with van der Waals surface area (Å²) in [5.41, 5.74) is 8.43. The highest BCUT2D eigenvalue weighted by molar-refractivity contribution is 6.02. The van der Waals surface area contributed by atoms with Crippen molar-refractivity contribution in [2.75, 3.05) is 25.9 Å². The number of carbonyl (C=O) groups is 2. The van der Waals surface area contributed by atoms with Gasteiger partial charge in [-0.05, 0) is 35.7 Å². The summed E-state index contributed by atoms with van der Waals surface area (Å²) < 4.78 is 20.6. The number of ether oxygens (including phenoxy) is 1. The van der Waals surface area contributed by atoms with Crippen molar-refractivity contribution < 1.29 is 23.8 Å². The van der Waals surface area contributed by atoms with Crippen LogP contribution in [0.4, 0.5) is 15.0 Å². The minimum atomic E-state index is -1.00. The summed E-state index contributed by atoms with van der Waals surface area (Å²) in [6.45, 7) is 0.821. The topological polar surface area (TPSA) is 156 Å². The summed E-state index contributed by atoms with van der Waals surface area (Å²) in [5, 5.41) is 18.9. The summed E-state index contributed by atoms with van der Waals surface area (Å²) in [4.78, 5) is 38.1. The molecule has 1 saturated heterocycles. The number of aromatic nitrogens is 3. The van der Waals surface area contributed by atoms with Gasteiger partial charge in [-0.15, -0.1) is 0 Å². The van der Waals surface area contributed by atoms with Gasteiger partial charge < -0.3 is 30.4 Å². The molecular formula is C26H25FN6O5. The first kappa shape index (κ1) is 24.8. The highest BCUT2D eigenvalue weighted by Crippen LogP contribution is 2.35. The molecule has 2 aromatic heterocycles. The van der Waals surface area contributed by atoms with Crippen LogP contribution in [-0.2, 0) is 6.54 Å². The van der Waals surface area contributed by atoms with Crippen LogP contribution in [-0.4, -0.2) is 57.0 Å². The zero-order valence-electron chi connectivity index (χ0n) is 20.4. The number of likely N-dealkylation sites (tertiary alicyclic amines) is 1. The number of fused-ring (bicyclic) bond motifs is 1. The highest BCUT2D eigenvalue weighted by atomic mass is 19.1. The molecule has 1 aliphatic rings. The predicted molar refractivity (Wildman–Crippen MR) is 138 cm³/mol. The van der Waals surface area contributed by atoms with Crippen molar-refractivity contribution in [2.24, 2.45) is 0 Å². The van der Waals surface area contributed by atoms with E-state index >= 15 is 0 Å². The number of nitrogens with one attached hydrogen (secondary N) is 2. The summed E-state index contributed by atoms with van der Waals surface area (Å²) in [5.74, 6) is -0.591. The number of rotatable bonds is 6. The molecule has 2 aromatic carbocycles. The van der Waals surface area contributed by atoms with Gasteiger partial charge in [0.15, 0.2) is 5.82 Å². The number of hydrogen-bond acceptors (Lipinski definition) is 6. The number of nitrogen functional groups attached to an aromatic ring is 1. The van der Waals surface area contributed by atoms with Crippen LogP contribution in [0.2, 0.25) is 0 Å². The predicted octanol–water partition coefficient (Wildman–Crippen LogP) is 2.98. The zero-order valence-corrected chi connectivity index (χ0v) is 20.4. The van der Waals surface area contributed by atoms with Crippen molar-refractivity contribution in [3.63, 3.8) is 0 Å². The Balaban J connectivity index is 1.41. The number of aromatic amines is 1. The molecule has 11 nitrogen and oxygen atoms in total. The Morgan fingerprint density at radius 2 is 2.03 bits per heavy atom. The fraction of sp³-hybridized carbons (Fsp3) is 0.231. The van der Waals surface area contributed by atoms with Crippen LogP contribution in [0, 0.1) is 5.82 Å². The molecule has 1 fully saturated rings. The number of amides is 2. The normalized spacial score (nSPS) is 15.1. The van der Waals surface area contributed by atoms with E-state index in [2.05, 4.69) is 15.5 Å². The molecular weight excluding hydrogens is 495 g/mol. The fourth-order valence-electron chi connectivity index (χ4n) is 4.82. The maximum Gasteiger partial charge on any atom is 0.407 e. The third-order valence-corrected chi connectivity index (χ3v) is 6.73. The standard InChI is InChI=1S/C26H25FN6O5/c1-38-20-7-6-16(27)10-18(20)24(34)29-11-14-2-4-15(5-3-14)19-13-33(17-8-9-32(12-17)26(36)37)22-21(19)23(28)30-31-25(22)35/h2-7,10,13,17H,8-9,11-12H2,1H3,(H2,28,30)(H,29,34)(H,31,35)(H,36,37)/t17-/m1/s1. The Morgan fingerprint density at radius 1 is 1.26 bits per heavy atom. The van der Waals surface area contributed by atoms with Crippen LogP contribution in [0.5, 0.6) is 5.75 Å². The minimum absolute atomic E-state index is 0.0958. The summed E-state index contributed by atoms with van der Waals surface area (Å²) in [7, 11) is 1.41. The summed E-state index contributed by atoms with van der Waals surface area (Å²) in [6.07, 6.45) is 1.37. The molecule has 196 valence electrons. The first-order chi connectivity index (χ1) is 18.3. The van der Waals surface area contributed by atoms with E-state index in [9.17, 15) is 23.9 Å². The van der Waals surface area contributed by atoms with Gasteiger partial charge in [0.25, 0.3) is 11.5 Å². The van der Waals surface area contributed by atoms with Crippen molar-refractivity contribution in [1.82, 2.24) is 25.0 Å². The van der Waals surface area contributed by atoms with Gasteiger partial charge in [0, 0.05) is 31.4 Å². The average molecular weight is 521 g/mol. The van der Waals surface area contributed by atoms with Crippen LogP contribution >= 0.6 is 0 Å². The molecule has 3 heterocycles. The van der Waals surface area contributed by atoms with Gasteiger partial charge in [0.05, 0.1) is 24.1 Å². The lowest BCUT2D eigenvalue weighted by Crippen LogP contribution is -2.27. The number of methoxy groups -OCH3 is 1. The monoisotopic (exact) mass is 520 g/mol. The van der Waals surface area contributed by atoms with Crippen LogP contribution in [0.3, 0.4) is 0 Å². The summed E-state index contributed by atoms with van der Waals surface area (Å²) in [6, 6.07) is 10.8. The van der Waals surface area contributed by atoms with Gasteiger partial charge in [-0.2, -0.15) is 5.10 Å². The number of nitrogens with zero attached hydrogens (tertiary/aromatic N) is 3. The molecule has 5 rings (SSSR count). The zero-order chi connectivity index (χ0) is 27.0. The van der Waals surface area contributed by atoms with E-state index in [1.54, 1.807) is 10.8 Å². The summed E-state index contributed by atoms with van der Waals surface area (Å²) >= 11 is 0. The third-order valence-electron chi connectivity index (χ3n) is 6.73. The lowest BCUT2D eigenvalue weighted by atomic mass is 10.0. The van der Waals surface area contributed by atoms with Gasteiger partial charge in [-0.3, -0.25) is 9.59 Å². The van der Waals surface area contributed by atoms with Crippen LogP contribution in [0.1, 0.15) is 28.4 Å². The third kappa shape index (κ3) is 4.51. The van der Waals surface area contributed by atoms with Gasteiger partial charge in [-0.1, -0.05) is 24.3 Å². The second-order valence-corrected chi connectivity index (χ2v) is 9.01. The van der Waals surface area contributed by atoms with Gasteiger partial charge in [0.1, 0.15) is 17.1 Å². The maximum atomic E-state index is 13.6. The van der Waals surface area contributed by atoms with Crippen molar-refractivity contribution >= 4 is 28.7 Å². The first-order valence-corrected chi connectivity index (χ1v) is 11.8. The van der Waals surface area contributed by atoms with Crippen molar-refractivity contribution in [3.05, 3.63) is 76.0 Å². The SMILES string of the molecule is COc1ccc(F)cc1C(=O)NCc1ccc(-c2cn([C@@H]3CCN(C(=O)O)C3)c3c(=O)[nH]nc(N)c23)cc1. The van der Waals surface area contributed by atoms with Crippen LogP contribution in [0.25, 0.3) is 22.0 Å². The molecule has 0 bridgehead atoms. The number of halogens is 1. The fourth-order valence-corrected chi connectivity index (χ4v) is 4.82. The molecule has 4 aromatic rings. The number of anilines is 1. The van der Waals surface area contributed by atoms with Crippen LogP contribution < -0.4 is 21.3 Å². The number of nitrogens with two attached hydrogens (primary N) is 1. The largest absolute Gasteiger partial charge is 0.496 e. The first-order valence-electron chi connectivity index (χ1n) is 11.8. The van der Waals surface area contributed by atoms with E-state index in [1.807, 2.05) is 24.3 Å². The number of benzene rings is 2. The molecule has 0 radical (unpaired) electrons. The minimum Gasteiger partial charge on any atom is -0.496 e. The Morgan fingerprint density at radius 3 is 2.71 bits per heavy atom. The lowest BCUT2D eigenvalue weighted by Gasteiger charge is -2.14. The second kappa shape index (κ2) is 9.88. The Labute approximate surface area is 215 Å². The molecule has 0 aliphatic carbocycles. The highest BCUT2D eigenvalue weighted by Gasteiger charge is 2.30. The number of carboxylic acid groups (broad SMARTS) is 1. The van der Waals surface area contributed by atoms with E-state index in [0.29, 0.717) is 29.4 Å². The van der Waals surface area contributed by atoms with Gasteiger partial charge >= 0.3 is 6.09 Å². The van der Waals surface area contributed by atoms with Crippen molar-refractivity contribution in [1.29, 1.82) is 0 Å². The molecule has 1 atom stereocenters. The van der Waals surface area contributed by atoms with E-state index in [-0.39, 0.29) is 36.3 Å². The molecule has 0 unspecified atom stereocenters. The second-order valence-electron chi connectivity index (χ2n) is 9.01. The Kier molecular flexibility index (Phi) is 6.45. The van der Waals surface area contributed by atoms with E-state index in [0.717, 1.165) is 17.2 Å². The Bertz CT molecular complexity index is 1600. The van der Waals surface area contributed by atoms with E-state index < -0.39 is 23.4 Å². The molecule has 5 N–H and O–H groups in total. The average Bonchev–Trinajstić information content (AvgIpc) is 3.56. The molecule has 12 heteroatoms. The quantitative estimate of drug-likeness (QED) is 0.305. The van der Waals surface area contributed by atoms with Gasteiger partial charge in [-0.25, -0.2) is 14.3 Å². The molecule has 2 amide bonds. The number of H-pyrrole nitrogens is 1. The Hall–Kier alpha value is -4.87. The van der Waals surface area contributed by atoms with Gasteiger partial charge in [0.2, 0.25) is 0 Å². The lowest BCUT2D eigenvalue weighted by molar-refractivity contribution is 0.0947. The molecule has 0 spiro atoms. The van der Waals surface area contributed by atoms with Crippen molar-refractivity contribution in [2.45, 2.75) is 19.0 Å². The number of carbonyl (C=O) groups excluding carboxylic acids is 1. The molecule has 38 heavy (non-hydrogen) atoms. The van der Waals surface area contributed by atoms with E-state index in [1.165, 1.54) is 24.1 Å². The van der Waals surface area contributed by atoms with Crippen LogP contribution in [0.15, 0.2) is 53.5 Å². The maximum absolute atomic E-state index is 13.6. The van der Waals surface area contributed by atoms with Crippen molar-refractivity contribution in [3.8, 4) is 16.9 Å². The molecule has 1 aliphatic heterocycles.